The number of hydrogen-bond acceptors (Lipinski definition) is 4. The van der Waals surface area contributed by atoms with Crippen LogP contribution in [0.25, 0.3) is 11.2 Å². The Morgan fingerprint density at radius 1 is 1.44 bits per heavy atom. The van der Waals surface area contributed by atoms with Gasteiger partial charge in [0.2, 0.25) is 5.95 Å². The summed E-state index contributed by atoms with van der Waals surface area (Å²) in [6.45, 7) is 2.86. The summed E-state index contributed by atoms with van der Waals surface area (Å²) in [7, 11) is 1.93. The van der Waals surface area contributed by atoms with Crippen molar-refractivity contribution in [3.63, 3.8) is 0 Å². The van der Waals surface area contributed by atoms with E-state index in [1.165, 1.54) is 0 Å². The lowest BCUT2D eigenvalue weighted by Crippen LogP contribution is -2.07. The number of nitrogen functional groups attached to an aromatic ring is 1. The molecular weight excluding hydrogens is 222 g/mol. The highest BCUT2D eigenvalue weighted by Crippen LogP contribution is 2.20. The van der Waals surface area contributed by atoms with Crippen LogP contribution in [0.1, 0.15) is 12.1 Å². The Hall–Kier alpha value is -1.17. The molecule has 88 valence electrons. The van der Waals surface area contributed by atoms with Crippen LogP contribution in [-0.2, 0) is 13.6 Å². The molecule has 0 unspecified atom stereocenters. The SMILES string of the molecule is CSCCCn1c(N)nc2c(C)nn(C)c21. The van der Waals surface area contributed by atoms with Crippen LogP contribution < -0.4 is 5.73 Å². The summed E-state index contributed by atoms with van der Waals surface area (Å²) < 4.78 is 3.90. The molecule has 0 radical (unpaired) electrons. The molecular formula is C10H17N5S. The minimum Gasteiger partial charge on any atom is -0.369 e. The molecule has 2 aromatic heterocycles. The van der Waals surface area contributed by atoms with Gasteiger partial charge in [0.05, 0.1) is 5.69 Å². The predicted octanol–water partition coefficient (Wildman–Crippen LogP) is 1.41. The van der Waals surface area contributed by atoms with E-state index in [9.17, 15) is 0 Å². The van der Waals surface area contributed by atoms with Crippen molar-refractivity contribution in [3.8, 4) is 0 Å². The Labute approximate surface area is 99.0 Å². The Kier molecular flexibility index (Phi) is 3.09. The van der Waals surface area contributed by atoms with E-state index in [-0.39, 0.29) is 0 Å². The molecule has 2 rings (SSSR count). The minimum atomic E-state index is 0.590. The maximum absolute atomic E-state index is 5.92. The maximum Gasteiger partial charge on any atom is 0.202 e. The van der Waals surface area contributed by atoms with E-state index >= 15 is 0 Å². The Morgan fingerprint density at radius 3 is 2.88 bits per heavy atom. The summed E-state index contributed by atoms with van der Waals surface area (Å²) in [5.74, 6) is 1.72. The van der Waals surface area contributed by atoms with Crippen molar-refractivity contribution >= 4 is 28.9 Å². The fourth-order valence-corrected chi connectivity index (χ4v) is 2.36. The van der Waals surface area contributed by atoms with Gasteiger partial charge in [-0.2, -0.15) is 16.9 Å². The number of aromatic nitrogens is 4. The third-order valence-electron chi connectivity index (χ3n) is 2.65. The van der Waals surface area contributed by atoms with E-state index in [1.54, 1.807) is 0 Å². The lowest BCUT2D eigenvalue weighted by atomic mass is 10.4. The Morgan fingerprint density at radius 2 is 2.19 bits per heavy atom. The van der Waals surface area contributed by atoms with Gasteiger partial charge in [0.15, 0.2) is 5.65 Å². The molecule has 0 aromatic carbocycles. The van der Waals surface area contributed by atoms with Gasteiger partial charge in [-0.25, -0.2) is 4.98 Å². The van der Waals surface area contributed by atoms with Crippen molar-refractivity contribution in [2.24, 2.45) is 7.05 Å². The van der Waals surface area contributed by atoms with E-state index < -0.39 is 0 Å². The van der Waals surface area contributed by atoms with E-state index in [0.29, 0.717) is 5.95 Å². The van der Waals surface area contributed by atoms with Crippen LogP contribution in [-0.4, -0.2) is 31.3 Å². The highest BCUT2D eigenvalue weighted by molar-refractivity contribution is 7.98. The summed E-state index contributed by atoms with van der Waals surface area (Å²) in [6, 6.07) is 0. The largest absolute Gasteiger partial charge is 0.369 e. The number of aryl methyl sites for hydroxylation is 3. The number of imidazole rings is 1. The number of rotatable bonds is 4. The van der Waals surface area contributed by atoms with Crippen molar-refractivity contribution in [1.82, 2.24) is 19.3 Å². The van der Waals surface area contributed by atoms with Gasteiger partial charge >= 0.3 is 0 Å². The zero-order chi connectivity index (χ0) is 11.7. The first kappa shape index (κ1) is 11.3. The average molecular weight is 239 g/mol. The minimum absolute atomic E-state index is 0.590. The molecule has 16 heavy (non-hydrogen) atoms. The first-order chi connectivity index (χ1) is 7.65. The van der Waals surface area contributed by atoms with Crippen molar-refractivity contribution in [1.29, 1.82) is 0 Å². The van der Waals surface area contributed by atoms with Crippen LogP contribution in [0, 0.1) is 6.92 Å². The van der Waals surface area contributed by atoms with E-state index in [1.807, 2.05) is 35.0 Å². The monoisotopic (exact) mass is 239 g/mol. The predicted molar refractivity (Wildman–Crippen MR) is 68.6 cm³/mol. The molecule has 0 aliphatic carbocycles. The van der Waals surface area contributed by atoms with Crippen LogP contribution in [0.15, 0.2) is 0 Å². The molecule has 2 heterocycles. The van der Waals surface area contributed by atoms with Gasteiger partial charge in [-0.1, -0.05) is 0 Å². The Balaban J connectivity index is 2.38. The molecule has 0 amide bonds. The summed E-state index contributed by atoms with van der Waals surface area (Å²) in [5.41, 5.74) is 8.80. The molecule has 0 atom stereocenters. The highest BCUT2D eigenvalue weighted by atomic mass is 32.2. The van der Waals surface area contributed by atoms with Crippen molar-refractivity contribution < 1.29 is 0 Å². The first-order valence-electron chi connectivity index (χ1n) is 5.29. The molecule has 0 saturated heterocycles. The molecule has 5 nitrogen and oxygen atoms in total. The van der Waals surface area contributed by atoms with Gasteiger partial charge in [-0.05, 0) is 25.4 Å². The maximum atomic E-state index is 5.92. The lowest BCUT2D eigenvalue weighted by molar-refractivity contribution is 0.671. The van der Waals surface area contributed by atoms with E-state index in [0.717, 1.165) is 35.6 Å². The summed E-state index contributed by atoms with van der Waals surface area (Å²) in [5, 5.41) is 4.35. The standard InChI is InChI=1S/C10H17N5S/c1-7-8-9(14(2)13-7)15(10(11)12-8)5-4-6-16-3/h4-6H2,1-3H3,(H2,11,12). The number of anilines is 1. The van der Waals surface area contributed by atoms with Crippen molar-refractivity contribution in [2.45, 2.75) is 19.9 Å². The molecule has 0 fully saturated rings. The van der Waals surface area contributed by atoms with Crippen LogP contribution in [0.5, 0.6) is 0 Å². The number of nitrogens with two attached hydrogens (primary N) is 1. The molecule has 6 heteroatoms. The first-order valence-corrected chi connectivity index (χ1v) is 6.68. The molecule has 0 aliphatic heterocycles. The molecule has 0 bridgehead atoms. The second kappa shape index (κ2) is 4.37. The topological polar surface area (TPSA) is 61.7 Å². The molecule has 0 saturated carbocycles. The second-order valence-corrected chi connectivity index (χ2v) is 4.83. The summed E-state index contributed by atoms with van der Waals surface area (Å²) in [6.07, 6.45) is 3.21. The molecule has 0 aliphatic rings. The number of fused-ring (bicyclic) bond motifs is 1. The van der Waals surface area contributed by atoms with Crippen LogP contribution in [0.4, 0.5) is 5.95 Å². The normalized spacial score (nSPS) is 11.4. The fraction of sp³-hybridized carbons (Fsp3) is 0.600. The van der Waals surface area contributed by atoms with Crippen molar-refractivity contribution in [2.75, 3.05) is 17.7 Å². The number of hydrogen-bond donors (Lipinski definition) is 1. The quantitative estimate of drug-likeness (QED) is 0.820. The third-order valence-corrected chi connectivity index (χ3v) is 3.35. The zero-order valence-corrected chi connectivity index (χ0v) is 10.7. The zero-order valence-electron chi connectivity index (χ0n) is 9.90. The molecule has 2 aromatic rings. The summed E-state index contributed by atoms with van der Waals surface area (Å²) >= 11 is 1.85. The summed E-state index contributed by atoms with van der Waals surface area (Å²) in [4.78, 5) is 4.36. The number of nitrogens with zero attached hydrogens (tertiary/aromatic N) is 4. The molecule has 2 N–H and O–H groups in total. The van der Waals surface area contributed by atoms with Gasteiger partial charge in [0.1, 0.15) is 5.52 Å². The Bertz CT molecular complexity index is 499. The van der Waals surface area contributed by atoms with Gasteiger partial charge in [0.25, 0.3) is 0 Å². The highest BCUT2D eigenvalue weighted by Gasteiger charge is 2.14. The van der Waals surface area contributed by atoms with Crippen LogP contribution in [0.2, 0.25) is 0 Å². The average Bonchev–Trinajstić information content (AvgIpc) is 2.69. The van der Waals surface area contributed by atoms with E-state index in [4.69, 9.17) is 5.73 Å². The number of thioether (sulfide) groups is 1. The van der Waals surface area contributed by atoms with Gasteiger partial charge in [0, 0.05) is 13.6 Å². The second-order valence-electron chi connectivity index (χ2n) is 3.85. The van der Waals surface area contributed by atoms with Gasteiger partial charge in [-0.3, -0.25) is 9.25 Å². The fourth-order valence-electron chi connectivity index (χ4n) is 1.94. The molecule has 0 spiro atoms. The van der Waals surface area contributed by atoms with Crippen LogP contribution >= 0.6 is 11.8 Å². The lowest BCUT2D eigenvalue weighted by Gasteiger charge is -2.05. The third kappa shape index (κ3) is 1.77. The van der Waals surface area contributed by atoms with Gasteiger partial charge in [-0.15, -0.1) is 0 Å². The van der Waals surface area contributed by atoms with Crippen molar-refractivity contribution in [3.05, 3.63) is 5.69 Å². The van der Waals surface area contributed by atoms with Crippen LogP contribution in [0.3, 0.4) is 0 Å². The van der Waals surface area contributed by atoms with E-state index in [2.05, 4.69) is 16.3 Å². The smallest absolute Gasteiger partial charge is 0.202 e. The van der Waals surface area contributed by atoms with Gasteiger partial charge < -0.3 is 5.73 Å².